The van der Waals surface area contributed by atoms with Gasteiger partial charge in [0, 0.05) is 10.7 Å². The highest BCUT2D eigenvalue weighted by Crippen LogP contribution is 2.40. The van der Waals surface area contributed by atoms with Gasteiger partial charge in [0.15, 0.2) is 0 Å². The van der Waals surface area contributed by atoms with Gasteiger partial charge in [0.2, 0.25) is 0 Å². The summed E-state index contributed by atoms with van der Waals surface area (Å²) in [7, 11) is 0. The first kappa shape index (κ1) is 14.3. The molecular weight excluding hydrogens is 296 g/mol. The number of alkyl halides is 1. The molecule has 0 saturated carbocycles. The molecule has 2 rings (SSSR count). The van der Waals surface area contributed by atoms with Gasteiger partial charge in [0.1, 0.15) is 0 Å². The molecule has 2 atom stereocenters. The summed E-state index contributed by atoms with van der Waals surface area (Å²) in [5, 5.41) is 0. The quantitative estimate of drug-likeness (QED) is 0.613. The Hall–Kier alpha value is -1.08. The molecule has 0 N–H and O–H groups in total. The van der Waals surface area contributed by atoms with Crippen LogP contribution < -0.4 is 0 Å². The molecule has 0 amide bonds. The second kappa shape index (κ2) is 6.38. The lowest BCUT2D eigenvalue weighted by atomic mass is 9.89. The average Bonchev–Trinajstić information content (AvgIpc) is 2.44. The zero-order valence-corrected chi connectivity index (χ0v) is 13.4. The van der Waals surface area contributed by atoms with Crippen LogP contribution in [0.25, 0.3) is 0 Å². The van der Waals surface area contributed by atoms with E-state index in [1.54, 1.807) is 0 Å². The molecule has 0 aliphatic carbocycles. The lowest BCUT2D eigenvalue weighted by Crippen LogP contribution is -2.05. The van der Waals surface area contributed by atoms with Crippen molar-refractivity contribution in [3.8, 4) is 0 Å². The molecule has 0 nitrogen and oxygen atoms in total. The van der Waals surface area contributed by atoms with E-state index in [9.17, 15) is 0 Å². The Balaban J connectivity index is 2.30. The van der Waals surface area contributed by atoms with Crippen LogP contribution in [0.2, 0.25) is 0 Å². The van der Waals surface area contributed by atoms with Gasteiger partial charge in [-0.05, 0) is 42.5 Å². The van der Waals surface area contributed by atoms with Gasteiger partial charge in [-0.25, -0.2) is 0 Å². The Labute approximate surface area is 125 Å². The van der Waals surface area contributed by atoms with Crippen LogP contribution in [0.5, 0.6) is 0 Å². The van der Waals surface area contributed by atoms with Crippen molar-refractivity contribution in [2.45, 2.75) is 37.9 Å². The molecule has 0 spiro atoms. The van der Waals surface area contributed by atoms with E-state index in [4.69, 9.17) is 0 Å². The molecule has 1 heteroatoms. The molecule has 0 aliphatic heterocycles. The maximum absolute atomic E-state index is 3.91. The highest BCUT2D eigenvalue weighted by atomic mass is 79.9. The Morgan fingerprint density at radius 1 is 0.895 bits per heavy atom. The molecular formula is C18H21Br. The summed E-state index contributed by atoms with van der Waals surface area (Å²) >= 11 is 3.91. The van der Waals surface area contributed by atoms with Crippen LogP contribution in [0.1, 0.15) is 46.3 Å². The van der Waals surface area contributed by atoms with E-state index in [1.165, 1.54) is 22.3 Å². The van der Waals surface area contributed by atoms with Crippen LogP contribution in [-0.2, 0) is 0 Å². The minimum absolute atomic E-state index is 0.374. The predicted octanol–water partition coefficient (Wildman–Crippen LogP) is 5.93. The fourth-order valence-corrected chi connectivity index (χ4v) is 3.44. The summed E-state index contributed by atoms with van der Waals surface area (Å²) in [5.41, 5.74) is 5.50. The monoisotopic (exact) mass is 316 g/mol. The van der Waals surface area contributed by atoms with E-state index in [-0.39, 0.29) is 0 Å². The average molecular weight is 317 g/mol. The van der Waals surface area contributed by atoms with Crippen molar-refractivity contribution in [3.05, 3.63) is 70.8 Å². The fraction of sp³-hybridized carbons (Fsp3) is 0.333. The highest BCUT2D eigenvalue weighted by molar-refractivity contribution is 9.09. The minimum atomic E-state index is 0.374. The first-order valence-electron chi connectivity index (χ1n) is 6.89. The molecule has 100 valence electrons. The van der Waals surface area contributed by atoms with E-state index in [1.807, 2.05) is 0 Å². The Morgan fingerprint density at radius 2 is 1.58 bits per heavy atom. The van der Waals surface area contributed by atoms with Gasteiger partial charge in [-0.1, -0.05) is 71.4 Å². The molecule has 0 fully saturated rings. The zero-order valence-electron chi connectivity index (χ0n) is 11.9. The van der Waals surface area contributed by atoms with Crippen molar-refractivity contribution < 1.29 is 0 Å². The van der Waals surface area contributed by atoms with Crippen LogP contribution in [0.4, 0.5) is 0 Å². The lowest BCUT2D eigenvalue weighted by Gasteiger charge is -2.23. The summed E-state index contributed by atoms with van der Waals surface area (Å²) in [5.74, 6) is 0.517. The van der Waals surface area contributed by atoms with Gasteiger partial charge in [-0.2, -0.15) is 0 Å². The Kier molecular flexibility index (Phi) is 4.81. The van der Waals surface area contributed by atoms with Gasteiger partial charge in [-0.3, -0.25) is 0 Å². The summed E-state index contributed by atoms with van der Waals surface area (Å²) < 4.78 is 0. The van der Waals surface area contributed by atoms with Crippen LogP contribution in [0.15, 0.2) is 48.5 Å². The van der Waals surface area contributed by atoms with Crippen LogP contribution in [0, 0.1) is 13.8 Å². The Bertz CT molecular complexity index is 531. The molecule has 2 aromatic rings. The zero-order chi connectivity index (χ0) is 13.8. The second-order valence-corrected chi connectivity index (χ2v) is 6.16. The number of hydrogen-bond donors (Lipinski definition) is 0. The minimum Gasteiger partial charge on any atom is -0.0832 e. The number of hydrogen-bond acceptors (Lipinski definition) is 0. The third-order valence-corrected chi connectivity index (χ3v) is 5.04. The van der Waals surface area contributed by atoms with E-state index in [0.717, 1.165) is 6.42 Å². The van der Waals surface area contributed by atoms with Gasteiger partial charge < -0.3 is 0 Å². The first-order chi connectivity index (χ1) is 9.13. The number of benzene rings is 2. The van der Waals surface area contributed by atoms with Crippen LogP contribution in [0.3, 0.4) is 0 Å². The van der Waals surface area contributed by atoms with Gasteiger partial charge in [0.25, 0.3) is 0 Å². The first-order valence-corrected chi connectivity index (χ1v) is 7.81. The van der Waals surface area contributed by atoms with Crippen molar-refractivity contribution in [1.82, 2.24) is 0 Å². The van der Waals surface area contributed by atoms with E-state index in [2.05, 4.69) is 85.2 Å². The van der Waals surface area contributed by atoms with Crippen molar-refractivity contribution in [3.63, 3.8) is 0 Å². The molecule has 0 aliphatic rings. The topological polar surface area (TPSA) is 0 Å². The summed E-state index contributed by atoms with van der Waals surface area (Å²) in [4.78, 5) is 0.374. The maximum Gasteiger partial charge on any atom is 0.0463 e. The smallest absolute Gasteiger partial charge is 0.0463 e. The summed E-state index contributed by atoms with van der Waals surface area (Å²) in [6.07, 6.45) is 1.13. The molecule has 2 unspecified atom stereocenters. The van der Waals surface area contributed by atoms with Crippen LogP contribution in [-0.4, -0.2) is 0 Å². The maximum atomic E-state index is 3.91. The number of halogens is 1. The van der Waals surface area contributed by atoms with Gasteiger partial charge >= 0.3 is 0 Å². The van der Waals surface area contributed by atoms with Crippen molar-refractivity contribution >= 4 is 15.9 Å². The summed E-state index contributed by atoms with van der Waals surface area (Å²) in [6.45, 7) is 6.60. The third kappa shape index (κ3) is 3.27. The van der Waals surface area contributed by atoms with E-state index < -0.39 is 0 Å². The number of rotatable bonds is 4. The van der Waals surface area contributed by atoms with E-state index >= 15 is 0 Å². The second-order valence-electron chi connectivity index (χ2n) is 5.17. The molecule has 2 aromatic carbocycles. The molecule has 19 heavy (non-hydrogen) atoms. The third-order valence-electron chi connectivity index (χ3n) is 3.87. The summed E-state index contributed by atoms with van der Waals surface area (Å²) in [6, 6.07) is 17.5. The molecule has 0 bridgehead atoms. The molecule has 0 radical (unpaired) electrons. The SMILES string of the molecule is CCC(c1ccccc1)C(Br)c1ccc(C)c(C)c1. The molecule has 0 aromatic heterocycles. The van der Waals surface area contributed by atoms with Crippen LogP contribution >= 0.6 is 15.9 Å². The van der Waals surface area contributed by atoms with Gasteiger partial charge in [0.05, 0.1) is 0 Å². The normalized spacial score (nSPS) is 14.1. The molecule has 0 heterocycles. The van der Waals surface area contributed by atoms with Crippen molar-refractivity contribution in [2.24, 2.45) is 0 Å². The largest absolute Gasteiger partial charge is 0.0832 e. The predicted molar refractivity (Wildman–Crippen MR) is 87.1 cm³/mol. The van der Waals surface area contributed by atoms with Crippen molar-refractivity contribution in [1.29, 1.82) is 0 Å². The van der Waals surface area contributed by atoms with Gasteiger partial charge in [-0.15, -0.1) is 0 Å². The fourth-order valence-electron chi connectivity index (χ4n) is 2.48. The Morgan fingerprint density at radius 3 is 2.16 bits per heavy atom. The van der Waals surface area contributed by atoms with Crippen molar-refractivity contribution in [2.75, 3.05) is 0 Å². The molecule has 0 saturated heterocycles. The lowest BCUT2D eigenvalue weighted by molar-refractivity contribution is 0.654. The number of aryl methyl sites for hydroxylation is 2. The van der Waals surface area contributed by atoms with E-state index in [0.29, 0.717) is 10.7 Å². The standard InChI is InChI=1S/C18H21Br/c1-4-17(15-8-6-5-7-9-15)18(19)16-11-10-13(2)14(3)12-16/h5-12,17-18H,4H2,1-3H3. The highest BCUT2D eigenvalue weighted by Gasteiger charge is 2.20.